The molecule has 304 valence electrons. The summed E-state index contributed by atoms with van der Waals surface area (Å²) >= 11 is 0. The third-order valence-corrected chi connectivity index (χ3v) is 8.76. The van der Waals surface area contributed by atoms with Crippen molar-refractivity contribution in [3.63, 3.8) is 0 Å². The maximum Gasteiger partial charge on any atom is 0.305 e. The number of benzene rings is 1. The largest absolute Gasteiger partial charge is 0.481 e. The van der Waals surface area contributed by atoms with Gasteiger partial charge in [0.15, 0.2) is 0 Å². The van der Waals surface area contributed by atoms with Gasteiger partial charge >= 0.3 is 5.97 Å². The molecular formula is C39H65N7O8. The van der Waals surface area contributed by atoms with E-state index in [0.29, 0.717) is 12.3 Å². The van der Waals surface area contributed by atoms with E-state index in [1.807, 2.05) is 58.0 Å². The molecule has 6 amide bonds. The van der Waals surface area contributed by atoms with E-state index < -0.39 is 70.2 Å². The Labute approximate surface area is 320 Å². The summed E-state index contributed by atoms with van der Waals surface area (Å²) in [5.74, 6) is -3.90. The zero-order valence-corrected chi connectivity index (χ0v) is 34.0. The molecule has 0 unspecified atom stereocenters. The molecule has 1 aromatic rings. The average molecular weight is 760 g/mol. The van der Waals surface area contributed by atoms with Gasteiger partial charge in [-0.2, -0.15) is 0 Å². The molecule has 0 saturated carbocycles. The van der Waals surface area contributed by atoms with E-state index in [0.717, 1.165) is 5.56 Å². The van der Waals surface area contributed by atoms with Crippen LogP contribution in [0.5, 0.6) is 0 Å². The third-order valence-electron chi connectivity index (χ3n) is 8.76. The molecule has 0 bridgehead atoms. The minimum atomic E-state index is -1.40. The summed E-state index contributed by atoms with van der Waals surface area (Å²) < 4.78 is 0. The van der Waals surface area contributed by atoms with Crippen LogP contribution in [0.25, 0.3) is 0 Å². The number of hydrogen-bond donors (Lipinski definition) is 8. The second-order valence-corrected chi connectivity index (χ2v) is 16.7. The fourth-order valence-electron chi connectivity index (χ4n) is 5.68. The summed E-state index contributed by atoms with van der Waals surface area (Å²) in [6.07, 6.45) is 0.397. The molecule has 15 heteroatoms. The van der Waals surface area contributed by atoms with Crippen molar-refractivity contribution in [2.45, 2.75) is 155 Å². The summed E-state index contributed by atoms with van der Waals surface area (Å²) in [4.78, 5) is 89.7. The van der Waals surface area contributed by atoms with Crippen LogP contribution in [0.2, 0.25) is 0 Å². The third kappa shape index (κ3) is 17.5. The highest BCUT2D eigenvalue weighted by Gasteiger charge is 2.36. The Hall–Kier alpha value is -4.53. The highest BCUT2D eigenvalue weighted by Crippen LogP contribution is 2.14. The Kier molecular flexibility index (Phi) is 18.3. The van der Waals surface area contributed by atoms with Gasteiger partial charge in [0.1, 0.15) is 16.6 Å². The predicted octanol–water partition coefficient (Wildman–Crippen LogP) is 2.06. The van der Waals surface area contributed by atoms with Crippen molar-refractivity contribution in [1.29, 1.82) is 0 Å². The lowest BCUT2D eigenvalue weighted by molar-refractivity contribution is -0.138. The molecular weight excluding hydrogens is 694 g/mol. The molecule has 4 atom stereocenters. The number of amides is 6. The molecule has 0 saturated heterocycles. The van der Waals surface area contributed by atoms with Gasteiger partial charge in [-0.3, -0.25) is 33.6 Å². The Morgan fingerprint density at radius 2 is 1.07 bits per heavy atom. The van der Waals surface area contributed by atoms with E-state index >= 15 is 0 Å². The van der Waals surface area contributed by atoms with Crippen LogP contribution in [0.4, 0.5) is 0 Å². The van der Waals surface area contributed by atoms with E-state index in [1.165, 1.54) is 27.7 Å². The van der Waals surface area contributed by atoms with Crippen LogP contribution in [0.3, 0.4) is 0 Å². The molecule has 0 aromatic heterocycles. The van der Waals surface area contributed by atoms with Gasteiger partial charge in [-0.05, 0) is 78.7 Å². The number of carbonyl (C=O) groups is 7. The van der Waals surface area contributed by atoms with E-state index in [4.69, 9.17) is 5.73 Å². The number of carboxylic acid groups (broad SMARTS) is 1. The number of hydrogen-bond acceptors (Lipinski definition) is 8. The number of nitrogens with one attached hydrogen (secondary N) is 6. The average Bonchev–Trinajstić information content (AvgIpc) is 2.99. The maximum absolute atomic E-state index is 13.2. The highest BCUT2D eigenvalue weighted by atomic mass is 16.4. The molecule has 0 fully saturated rings. The molecule has 0 radical (unpaired) electrons. The van der Waals surface area contributed by atoms with Crippen molar-refractivity contribution >= 4 is 41.4 Å². The molecule has 54 heavy (non-hydrogen) atoms. The fraction of sp³-hybridized carbons (Fsp3) is 0.667. The zero-order chi connectivity index (χ0) is 41.6. The summed E-state index contributed by atoms with van der Waals surface area (Å²) in [5.41, 5.74) is 2.84. The maximum atomic E-state index is 13.2. The molecule has 0 aliphatic heterocycles. The first-order valence-electron chi connectivity index (χ1n) is 18.6. The van der Waals surface area contributed by atoms with Crippen LogP contribution in [0.15, 0.2) is 30.3 Å². The smallest absolute Gasteiger partial charge is 0.305 e. The van der Waals surface area contributed by atoms with E-state index in [2.05, 4.69) is 31.9 Å². The minimum Gasteiger partial charge on any atom is -0.481 e. The van der Waals surface area contributed by atoms with Crippen LogP contribution >= 0.6 is 0 Å². The summed E-state index contributed by atoms with van der Waals surface area (Å²) in [5, 5.41) is 25.8. The van der Waals surface area contributed by atoms with Crippen molar-refractivity contribution in [2.75, 3.05) is 0 Å². The lowest BCUT2D eigenvalue weighted by Gasteiger charge is -2.32. The van der Waals surface area contributed by atoms with Crippen molar-refractivity contribution in [3.05, 3.63) is 35.9 Å². The van der Waals surface area contributed by atoms with Gasteiger partial charge in [-0.25, -0.2) is 0 Å². The van der Waals surface area contributed by atoms with Gasteiger partial charge < -0.3 is 42.7 Å². The molecule has 0 aliphatic rings. The lowest BCUT2D eigenvalue weighted by atomic mass is 9.96. The van der Waals surface area contributed by atoms with Crippen LogP contribution in [0.1, 0.15) is 114 Å². The van der Waals surface area contributed by atoms with E-state index in [-0.39, 0.29) is 50.0 Å². The number of carboxylic acids is 1. The highest BCUT2D eigenvalue weighted by molar-refractivity contribution is 5.94. The second kappa shape index (κ2) is 20.8. The molecule has 1 rings (SSSR count). The number of carbonyl (C=O) groups excluding carboxylic acids is 6. The predicted molar refractivity (Wildman–Crippen MR) is 207 cm³/mol. The Morgan fingerprint density at radius 1 is 0.630 bits per heavy atom. The first-order valence-corrected chi connectivity index (χ1v) is 18.6. The number of nitrogens with two attached hydrogens (primary N) is 1. The minimum absolute atomic E-state index is 0.0760. The summed E-state index contributed by atoms with van der Waals surface area (Å²) in [7, 11) is 0. The zero-order valence-electron chi connectivity index (χ0n) is 34.0. The Bertz CT molecular complexity index is 1460. The normalized spacial score (nSPS) is 14.3. The topological polar surface area (TPSA) is 238 Å². The van der Waals surface area contributed by atoms with Crippen LogP contribution in [-0.4, -0.2) is 87.3 Å². The Balaban J connectivity index is 2.75. The molecule has 9 N–H and O–H groups in total. The summed E-state index contributed by atoms with van der Waals surface area (Å²) in [6.45, 7) is 18.5. The monoisotopic (exact) mass is 759 g/mol. The van der Waals surface area contributed by atoms with E-state index in [9.17, 15) is 38.7 Å². The molecule has 0 aliphatic carbocycles. The van der Waals surface area contributed by atoms with Gasteiger partial charge in [-0.15, -0.1) is 0 Å². The van der Waals surface area contributed by atoms with Crippen LogP contribution < -0.4 is 37.6 Å². The first-order chi connectivity index (χ1) is 24.7. The number of rotatable bonds is 22. The van der Waals surface area contributed by atoms with Gasteiger partial charge in [0.25, 0.3) is 0 Å². The Morgan fingerprint density at radius 3 is 1.54 bits per heavy atom. The van der Waals surface area contributed by atoms with E-state index in [1.54, 1.807) is 20.8 Å². The van der Waals surface area contributed by atoms with Gasteiger partial charge in [-0.1, -0.05) is 58.0 Å². The SMILES string of the molecule is CC(C)C[C@H](N)CC(=O)NC(C)(C)C(=O)N[C@H](CC(=O)NC(C)(C)C(=O)N[C@@H](C)CC(=O)NC(C)(C)C(=O)N[C@H](CC(=O)O)Cc1ccccc1)C(C)C. The molecule has 15 nitrogen and oxygen atoms in total. The van der Waals surface area contributed by atoms with Crippen molar-refractivity contribution in [2.24, 2.45) is 17.6 Å². The fourth-order valence-corrected chi connectivity index (χ4v) is 5.68. The molecule has 1 aromatic carbocycles. The van der Waals surface area contributed by atoms with Crippen molar-refractivity contribution in [3.8, 4) is 0 Å². The van der Waals surface area contributed by atoms with Gasteiger partial charge in [0, 0.05) is 43.4 Å². The van der Waals surface area contributed by atoms with Gasteiger partial charge in [0.2, 0.25) is 35.4 Å². The molecule has 0 spiro atoms. The standard InChI is InChI=1S/C39H65N7O8/c1-23(2)17-27(40)20-31(48)45-39(10,11)36(54)43-29(24(3)4)22-32(49)46-37(6,7)34(52)41-25(5)18-30(47)44-38(8,9)35(53)42-28(21-33(50)51)19-26-15-13-12-14-16-26/h12-16,23-25,27-29H,17-22,40H2,1-11H3,(H,41,52)(H,42,53)(H,43,54)(H,44,47)(H,45,48)(H,46,49)(H,50,51)/t25-,27-,28-,29+/m0/s1. The van der Waals surface area contributed by atoms with Crippen LogP contribution in [0, 0.1) is 11.8 Å². The number of aliphatic carboxylic acids is 1. The van der Waals surface area contributed by atoms with Gasteiger partial charge in [0.05, 0.1) is 6.42 Å². The van der Waals surface area contributed by atoms with Crippen molar-refractivity contribution in [1.82, 2.24) is 31.9 Å². The first kappa shape index (κ1) is 47.5. The van der Waals surface area contributed by atoms with Crippen LogP contribution in [-0.2, 0) is 40.0 Å². The summed E-state index contributed by atoms with van der Waals surface area (Å²) in [6, 6.07) is 6.78. The van der Waals surface area contributed by atoms with Crippen molar-refractivity contribution < 1.29 is 38.7 Å². The second-order valence-electron chi connectivity index (χ2n) is 16.7. The molecule has 0 heterocycles. The lowest BCUT2D eigenvalue weighted by Crippen LogP contribution is -2.60. The quantitative estimate of drug-likeness (QED) is 0.0863.